The lowest BCUT2D eigenvalue weighted by Crippen LogP contribution is -2.26. The first-order valence-electron chi connectivity index (χ1n) is 6.58. The lowest BCUT2D eigenvalue weighted by molar-refractivity contribution is 0.149. The average Bonchev–Trinajstić information content (AvgIpc) is 2.35. The van der Waals surface area contributed by atoms with E-state index in [9.17, 15) is 10.2 Å². The minimum atomic E-state index is -0.644. The zero-order chi connectivity index (χ0) is 12.9. The lowest BCUT2D eigenvalue weighted by atomic mass is 9.71. The molecule has 3 rings (SSSR count). The van der Waals surface area contributed by atoms with E-state index in [1.54, 1.807) is 6.07 Å². The maximum absolute atomic E-state index is 10.6. The van der Waals surface area contributed by atoms with Gasteiger partial charge in [-0.3, -0.25) is 0 Å². The molecule has 0 saturated heterocycles. The summed E-state index contributed by atoms with van der Waals surface area (Å²) in [6.07, 6.45) is 1.80. The van der Waals surface area contributed by atoms with Gasteiger partial charge >= 0.3 is 0 Å². The van der Waals surface area contributed by atoms with Gasteiger partial charge in [-0.25, -0.2) is 0 Å². The Morgan fingerprint density at radius 2 is 2.00 bits per heavy atom. The lowest BCUT2D eigenvalue weighted by Gasteiger charge is -2.38. The maximum Gasteiger partial charge on any atom is 0.103 e. The van der Waals surface area contributed by atoms with Crippen molar-refractivity contribution in [3.05, 3.63) is 40.5 Å². The number of rotatable bonds is 0. The van der Waals surface area contributed by atoms with Crippen molar-refractivity contribution < 1.29 is 10.2 Å². The van der Waals surface area contributed by atoms with E-state index in [2.05, 4.69) is 6.92 Å². The predicted octanol–water partition coefficient (Wildman–Crippen LogP) is 2.47. The highest BCUT2D eigenvalue weighted by atomic mass is 16.3. The van der Waals surface area contributed by atoms with Crippen LogP contribution in [0.1, 0.15) is 49.5 Å². The van der Waals surface area contributed by atoms with E-state index in [0.29, 0.717) is 17.2 Å². The number of aliphatic hydroxyl groups is 2. The molecule has 0 amide bonds. The molecule has 18 heavy (non-hydrogen) atoms. The fourth-order valence-corrected chi connectivity index (χ4v) is 3.45. The summed E-state index contributed by atoms with van der Waals surface area (Å²) >= 11 is 0. The Kier molecular flexibility index (Phi) is 2.68. The highest BCUT2D eigenvalue weighted by Crippen LogP contribution is 2.49. The molecule has 3 atom stereocenters. The molecular weight excluding hydrogens is 226 g/mol. The zero-order valence-electron chi connectivity index (χ0n) is 10.6. The van der Waals surface area contributed by atoms with Gasteiger partial charge in [0.15, 0.2) is 0 Å². The van der Waals surface area contributed by atoms with Gasteiger partial charge in [-0.1, -0.05) is 19.1 Å². The topological polar surface area (TPSA) is 66.5 Å². The number of hydrogen-bond donors (Lipinski definition) is 3. The Morgan fingerprint density at radius 3 is 2.78 bits per heavy atom. The molecule has 0 heterocycles. The molecule has 4 N–H and O–H groups in total. The van der Waals surface area contributed by atoms with Crippen molar-refractivity contribution in [2.75, 3.05) is 5.73 Å². The van der Waals surface area contributed by atoms with Crippen LogP contribution in [-0.2, 0) is 0 Å². The second-order valence-corrected chi connectivity index (χ2v) is 5.43. The molecule has 1 aromatic rings. The van der Waals surface area contributed by atoms with Crippen LogP contribution in [-0.4, -0.2) is 10.2 Å². The molecule has 0 bridgehead atoms. The van der Waals surface area contributed by atoms with Gasteiger partial charge in [0.1, 0.15) is 12.2 Å². The summed E-state index contributed by atoms with van der Waals surface area (Å²) < 4.78 is 0. The summed E-state index contributed by atoms with van der Waals surface area (Å²) in [5.74, 6) is 0.325. The molecule has 3 nitrogen and oxygen atoms in total. The molecular formula is C15H19NO2. The molecule has 96 valence electrons. The summed E-state index contributed by atoms with van der Waals surface area (Å²) in [6.45, 7) is 2.12. The summed E-state index contributed by atoms with van der Waals surface area (Å²) in [6, 6.07) is 5.48. The molecule has 0 aliphatic heterocycles. The molecule has 0 saturated carbocycles. The van der Waals surface area contributed by atoms with Gasteiger partial charge in [0, 0.05) is 11.3 Å². The van der Waals surface area contributed by atoms with Crippen molar-refractivity contribution in [3.63, 3.8) is 0 Å². The Bertz CT molecular complexity index is 521. The Morgan fingerprint density at radius 1 is 1.22 bits per heavy atom. The zero-order valence-corrected chi connectivity index (χ0v) is 10.6. The SMILES string of the molecule is C[C@H]1CCCC2=C1[C@@H](O)c1c(N)cccc1[C@@H]2O. The van der Waals surface area contributed by atoms with Crippen LogP contribution in [0, 0.1) is 5.92 Å². The van der Waals surface area contributed by atoms with Gasteiger partial charge in [-0.05, 0) is 48.0 Å². The second kappa shape index (κ2) is 4.11. The quantitative estimate of drug-likeness (QED) is 0.486. The summed E-state index contributed by atoms with van der Waals surface area (Å²) in [4.78, 5) is 0. The monoisotopic (exact) mass is 245 g/mol. The van der Waals surface area contributed by atoms with Crippen LogP contribution >= 0.6 is 0 Å². The third-order valence-electron chi connectivity index (χ3n) is 4.35. The van der Waals surface area contributed by atoms with E-state index >= 15 is 0 Å². The highest BCUT2D eigenvalue weighted by Gasteiger charge is 2.37. The first-order chi connectivity index (χ1) is 8.61. The number of fused-ring (bicyclic) bond motifs is 1. The number of nitrogen functional groups attached to an aromatic ring is 1. The van der Waals surface area contributed by atoms with Crippen molar-refractivity contribution in [3.8, 4) is 0 Å². The van der Waals surface area contributed by atoms with Gasteiger partial charge in [0.05, 0.1) is 0 Å². The number of hydrogen-bond acceptors (Lipinski definition) is 3. The number of nitrogens with two attached hydrogens (primary N) is 1. The van der Waals surface area contributed by atoms with Gasteiger partial charge in [0.25, 0.3) is 0 Å². The van der Waals surface area contributed by atoms with E-state index in [1.165, 1.54) is 0 Å². The molecule has 0 aromatic heterocycles. The first kappa shape index (κ1) is 11.8. The molecule has 2 aliphatic carbocycles. The summed E-state index contributed by atoms with van der Waals surface area (Å²) in [5, 5.41) is 21.1. The summed E-state index contributed by atoms with van der Waals surface area (Å²) in [7, 11) is 0. The third kappa shape index (κ3) is 1.51. The number of benzene rings is 1. The average molecular weight is 245 g/mol. The van der Waals surface area contributed by atoms with Crippen molar-refractivity contribution in [2.45, 2.75) is 38.4 Å². The smallest absolute Gasteiger partial charge is 0.103 e. The fraction of sp³-hybridized carbons (Fsp3) is 0.467. The minimum Gasteiger partial charge on any atom is -0.398 e. The largest absolute Gasteiger partial charge is 0.398 e. The standard InChI is InChI=1S/C15H19NO2/c1-8-4-2-5-9-12(8)15(18)13-10(14(9)17)6-3-7-11(13)16/h3,6-8,14-15,17-18H,2,4-5,16H2,1H3/t8-,14+,15+/m0/s1. The van der Waals surface area contributed by atoms with Gasteiger partial charge < -0.3 is 15.9 Å². The second-order valence-electron chi connectivity index (χ2n) is 5.43. The van der Waals surface area contributed by atoms with Crippen LogP contribution in [0.25, 0.3) is 0 Å². The molecule has 0 fully saturated rings. The Hall–Kier alpha value is -1.32. The number of anilines is 1. The molecule has 3 heteroatoms. The predicted molar refractivity (Wildman–Crippen MR) is 70.8 cm³/mol. The van der Waals surface area contributed by atoms with E-state index in [4.69, 9.17) is 5.73 Å². The molecule has 2 aliphatic rings. The first-order valence-corrected chi connectivity index (χ1v) is 6.58. The minimum absolute atomic E-state index is 0.325. The van der Waals surface area contributed by atoms with Crippen LogP contribution in [0.15, 0.2) is 29.3 Å². The van der Waals surface area contributed by atoms with E-state index < -0.39 is 12.2 Å². The molecule has 0 radical (unpaired) electrons. The van der Waals surface area contributed by atoms with E-state index in [-0.39, 0.29) is 0 Å². The number of aliphatic hydroxyl groups excluding tert-OH is 2. The Balaban J connectivity index is 2.20. The van der Waals surface area contributed by atoms with Crippen LogP contribution in [0.2, 0.25) is 0 Å². The van der Waals surface area contributed by atoms with Gasteiger partial charge in [-0.15, -0.1) is 0 Å². The third-order valence-corrected chi connectivity index (χ3v) is 4.35. The molecule has 0 spiro atoms. The van der Waals surface area contributed by atoms with Crippen molar-refractivity contribution in [1.29, 1.82) is 0 Å². The van der Waals surface area contributed by atoms with Crippen molar-refractivity contribution in [2.24, 2.45) is 5.92 Å². The van der Waals surface area contributed by atoms with Crippen molar-refractivity contribution >= 4 is 5.69 Å². The van der Waals surface area contributed by atoms with Gasteiger partial charge in [-0.2, -0.15) is 0 Å². The van der Waals surface area contributed by atoms with E-state index in [0.717, 1.165) is 36.0 Å². The van der Waals surface area contributed by atoms with Crippen LogP contribution in [0.4, 0.5) is 5.69 Å². The van der Waals surface area contributed by atoms with Crippen molar-refractivity contribution in [1.82, 2.24) is 0 Å². The van der Waals surface area contributed by atoms with Crippen LogP contribution < -0.4 is 5.73 Å². The maximum atomic E-state index is 10.6. The normalized spacial score (nSPS) is 30.9. The fourth-order valence-electron chi connectivity index (χ4n) is 3.45. The molecule has 0 unspecified atom stereocenters. The van der Waals surface area contributed by atoms with Crippen LogP contribution in [0.3, 0.4) is 0 Å². The van der Waals surface area contributed by atoms with Crippen LogP contribution in [0.5, 0.6) is 0 Å². The van der Waals surface area contributed by atoms with Gasteiger partial charge in [0.2, 0.25) is 0 Å². The Labute approximate surface area is 107 Å². The summed E-state index contributed by atoms with van der Waals surface area (Å²) in [5.41, 5.74) is 10.0. The highest BCUT2D eigenvalue weighted by molar-refractivity contribution is 5.59. The van der Waals surface area contributed by atoms with E-state index in [1.807, 2.05) is 12.1 Å². The molecule has 1 aromatic carbocycles.